The lowest BCUT2D eigenvalue weighted by atomic mass is 10.1. The van der Waals surface area contributed by atoms with Gasteiger partial charge in [-0.2, -0.15) is 0 Å². The summed E-state index contributed by atoms with van der Waals surface area (Å²) in [5, 5.41) is 3.08. The molecule has 126 valence electrons. The molecule has 1 fully saturated rings. The summed E-state index contributed by atoms with van der Waals surface area (Å²) in [6.45, 7) is 1.46. The van der Waals surface area contributed by atoms with Crippen molar-refractivity contribution in [3.63, 3.8) is 0 Å². The maximum absolute atomic E-state index is 12.0. The second-order valence-corrected chi connectivity index (χ2v) is 8.27. The number of benzene rings is 1. The fourth-order valence-corrected chi connectivity index (χ4v) is 4.43. The summed E-state index contributed by atoms with van der Waals surface area (Å²) in [4.78, 5) is 23.8. The van der Waals surface area contributed by atoms with Crippen LogP contribution in [0.15, 0.2) is 24.3 Å². The van der Waals surface area contributed by atoms with Gasteiger partial charge in [-0.15, -0.1) is 0 Å². The van der Waals surface area contributed by atoms with Crippen molar-refractivity contribution < 1.29 is 22.7 Å². The van der Waals surface area contributed by atoms with Crippen molar-refractivity contribution in [3.05, 3.63) is 29.3 Å². The van der Waals surface area contributed by atoms with Crippen LogP contribution >= 0.6 is 11.6 Å². The average molecular weight is 360 g/mol. The Balaban J connectivity index is 1.82. The van der Waals surface area contributed by atoms with Crippen LogP contribution in [0.3, 0.4) is 0 Å². The topological polar surface area (TPSA) is 89.5 Å². The van der Waals surface area contributed by atoms with Crippen LogP contribution in [0.1, 0.15) is 19.8 Å². The van der Waals surface area contributed by atoms with Gasteiger partial charge in [-0.1, -0.05) is 17.7 Å². The fraction of sp³-hybridized carbons (Fsp3) is 0.467. The third-order valence-electron chi connectivity index (χ3n) is 3.55. The molecule has 0 saturated carbocycles. The summed E-state index contributed by atoms with van der Waals surface area (Å²) >= 11 is 5.82. The molecule has 1 aromatic carbocycles. The van der Waals surface area contributed by atoms with E-state index in [1.54, 1.807) is 24.3 Å². The highest BCUT2D eigenvalue weighted by atomic mass is 35.5. The SMILES string of the molecule is C[C@H](OC(=O)C[C@H]1CCS(=O)(=O)C1)C(=O)Nc1cccc(Cl)c1. The third-order valence-corrected chi connectivity index (χ3v) is 5.62. The number of nitrogens with one attached hydrogen (secondary N) is 1. The number of carbonyl (C=O) groups excluding carboxylic acids is 2. The molecule has 2 atom stereocenters. The molecule has 1 aliphatic rings. The van der Waals surface area contributed by atoms with Crippen LogP contribution in [0, 0.1) is 5.92 Å². The minimum atomic E-state index is -3.03. The van der Waals surface area contributed by atoms with Gasteiger partial charge in [0.15, 0.2) is 15.9 Å². The van der Waals surface area contributed by atoms with Crippen LogP contribution in [0.4, 0.5) is 5.69 Å². The number of hydrogen-bond donors (Lipinski definition) is 1. The molecule has 0 unspecified atom stereocenters. The van der Waals surface area contributed by atoms with E-state index in [0.717, 1.165) is 0 Å². The molecule has 1 saturated heterocycles. The van der Waals surface area contributed by atoms with E-state index in [1.807, 2.05) is 0 Å². The van der Waals surface area contributed by atoms with Crippen LogP contribution in [0.5, 0.6) is 0 Å². The van der Waals surface area contributed by atoms with Gasteiger partial charge in [-0.05, 0) is 37.5 Å². The van der Waals surface area contributed by atoms with E-state index in [4.69, 9.17) is 16.3 Å². The molecule has 0 radical (unpaired) electrons. The Morgan fingerprint density at radius 1 is 1.43 bits per heavy atom. The number of hydrogen-bond acceptors (Lipinski definition) is 5. The van der Waals surface area contributed by atoms with E-state index in [1.165, 1.54) is 6.92 Å². The third kappa shape index (κ3) is 5.51. The molecule has 23 heavy (non-hydrogen) atoms. The first-order valence-corrected chi connectivity index (χ1v) is 9.41. The van der Waals surface area contributed by atoms with Gasteiger partial charge < -0.3 is 10.1 Å². The van der Waals surface area contributed by atoms with Crippen molar-refractivity contribution in [2.45, 2.75) is 25.9 Å². The van der Waals surface area contributed by atoms with Crippen LogP contribution < -0.4 is 5.32 Å². The quantitative estimate of drug-likeness (QED) is 0.812. The zero-order valence-electron chi connectivity index (χ0n) is 12.6. The molecule has 1 N–H and O–H groups in total. The van der Waals surface area contributed by atoms with E-state index >= 15 is 0 Å². The van der Waals surface area contributed by atoms with E-state index in [0.29, 0.717) is 17.1 Å². The lowest BCUT2D eigenvalue weighted by Gasteiger charge is -2.15. The van der Waals surface area contributed by atoms with Crippen molar-refractivity contribution in [2.24, 2.45) is 5.92 Å². The van der Waals surface area contributed by atoms with Crippen molar-refractivity contribution >= 4 is 39.0 Å². The molecular weight excluding hydrogens is 342 g/mol. The summed E-state index contributed by atoms with van der Waals surface area (Å²) in [5.41, 5.74) is 0.507. The number of esters is 1. The van der Waals surface area contributed by atoms with Gasteiger partial charge in [0.2, 0.25) is 0 Å². The van der Waals surface area contributed by atoms with Gasteiger partial charge in [0.25, 0.3) is 5.91 Å². The number of sulfone groups is 1. The van der Waals surface area contributed by atoms with E-state index in [9.17, 15) is 18.0 Å². The summed E-state index contributed by atoms with van der Waals surface area (Å²) in [6, 6.07) is 6.62. The van der Waals surface area contributed by atoms with Gasteiger partial charge in [0.1, 0.15) is 0 Å². The molecule has 1 heterocycles. The molecule has 8 heteroatoms. The summed E-state index contributed by atoms with van der Waals surface area (Å²) in [7, 11) is -3.03. The molecule has 2 rings (SSSR count). The normalized spacial score (nSPS) is 20.7. The molecule has 0 aromatic heterocycles. The Bertz CT molecular complexity index is 704. The van der Waals surface area contributed by atoms with Crippen molar-refractivity contribution in [3.8, 4) is 0 Å². The van der Waals surface area contributed by atoms with Gasteiger partial charge >= 0.3 is 5.97 Å². The molecule has 0 bridgehead atoms. The van der Waals surface area contributed by atoms with Crippen LogP contribution in [0.2, 0.25) is 5.02 Å². The average Bonchev–Trinajstić information content (AvgIpc) is 2.77. The number of carbonyl (C=O) groups is 2. The minimum Gasteiger partial charge on any atom is -0.453 e. The smallest absolute Gasteiger partial charge is 0.306 e. The minimum absolute atomic E-state index is 0.00515. The Labute approximate surface area is 140 Å². The van der Waals surface area contributed by atoms with Gasteiger partial charge in [0.05, 0.1) is 11.5 Å². The van der Waals surface area contributed by atoms with Gasteiger partial charge in [-0.3, -0.25) is 9.59 Å². The highest BCUT2D eigenvalue weighted by Crippen LogP contribution is 2.22. The number of halogens is 1. The zero-order valence-corrected chi connectivity index (χ0v) is 14.2. The Morgan fingerprint density at radius 2 is 2.17 bits per heavy atom. The number of amides is 1. The predicted molar refractivity (Wildman–Crippen MR) is 87.0 cm³/mol. The maximum Gasteiger partial charge on any atom is 0.306 e. The Kier molecular flexibility index (Phi) is 5.64. The van der Waals surface area contributed by atoms with E-state index in [-0.39, 0.29) is 23.8 Å². The second kappa shape index (κ2) is 7.31. The van der Waals surface area contributed by atoms with Gasteiger partial charge in [-0.25, -0.2) is 8.42 Å². The molecule has 1 aromatic rings. The number of anilines is 1. The zero-order chi connectivity index (χ0) is 17.0. The highest BCUT2D eigenvalue weighted by Gasteiger charge is 2.30. The molecule has 6 nitrogen and oxygen atoms in total. The molecule has 0 spiro atoms. The number of ether oxygens (including phenoxy) is 1. The molecule has 1 amide bonds. The van der Waals surface area contributed by atoms with E-state index in [2.05, 4.69) is 5.32 Å². The van der Waals surface area contributed by atoms with Crippen molar-refractivity contribution in [2.75, 3.05) is 16.8 Å². The molecule has 1 aliphatic heterocycles. The van der Waals surface area contributed by atoms with Crippen LogP contribution in [-0.4, -0.2) is 37.9 Å². The van der Waals surface area contributed by atoms with E-state index < -0.39 is 27.8 Å². The largest absolute Gasteiger partial charge is 0.453 e. The first kappa shape index (κ1) is 17.7. The van der Waals surface area contributed by atoms with Crippen LogP contribution in [0.25, 0.3) is 0 Å². The van der Waals surface area contributed by atoms with Crippen LogP contribution in [-0.2, 0) is 24.2 Å². The molecular formula is C15H18ClNO5S. The first-order chi connectivity index (χ1) is 10.7. The fourth-order valence-electron chi connectivity index (χ4n) is 2.38. The predicted octanol–water partition coefficient (Wildman–Crippen LogP) is 2.03. The monoisotopic (exact) mass is 359 g/mol. The number of rotatable bonds is 5. The highest BCUT2D eigenvalue weighted by molar-refractivity contribution is 7.91. The summed E-state index contributed by atoms with van der Waals surface area (Å²) in [6.07, 6.45) is -0.506. The summed E-state index contributed by atoms with van der Waals surface area (Å²) in [5.74, 6) is -1.16. The summed E-state index contributed by atoms with van der Waals surface area (Å²) < 4.78 is 27.8. The molecule has 0 aliphatic carbocycles. The van der Waals surface area contributed by atoms with Crippen molar-refractivity contribution in [1.29, 1.82) is 0 Å². The Hall–Kier alpha value is -1.60. The standard InChI is InChI=1S/C15H18ClNO5S/c1-10(15(19)17-13-4-2-3-12(16)8-13)22-14(18)7-11-5-6-23(20,21)9-11/h2-4,8,10-11H,5-7,9H2,1H3,(H,17,19)/t10-,11+/m0/s1. The second-order valence-electron chi connectivity index (χ2n) is 5.60. The van der Waals surface area contributed by atoms with Gasteiger partial charge in [0, 0.05) is 17.1 Å². The maximum atomic E-state index is 12.0. The lowest BCUT2D eigenvalue weighted by molar-refractivity contribution is -0.153. The Morgan fingerprint density at radius 3 is 2.78 bits per heavy atom. The lowest BCUT2D eigenvalue weighted by Crippen LogP contribution is -2.30. The van der Waals surface area contributed by atoms with Crippen molar-refractivity contribution in [1.82, 2.24) is 0 Å². The first-order valence-electron chi connectivity index (χ1n) is 7.21.